The van der Waals surface area contributed by atoms with Gasteiger partial charge in [-0.15, -0.1) is 0 Å². The fourth-order valence-corrected chi connectivity index (χ4v) is 4.64. The Morgan fingerprint density at radius 3 is 2.48 bits per heavy atom. The molecule has 0 radical (unpaired) electrons. The molecule has 1 saturated carbocycles. The quantitative estimate of drug-likeness (QED) is 0.607. The van der Waals surface area contributed by atoms with E-state index < -0.39 is 11.4 Å². The predicted molar refractivity (Wildman–Crippen MR) is 111 cm³/mol. The number of benzene rings is 1. The summed E-state index contributed by atoms with van der Waals surface area (Å²) in [6.07, 6.45) is 3.14. The summed E-state index contributed by atoms with van der Waals surface area (Å²) in [6, 6.07) is 6.91. The molecular formula is C22H22ClF2N3O3. The first-order valence-corrected chi connectivity index (χ1v) is 10.2. The number of aromatic nitrogens is 1. The summed E-state index contributed by atoms with van der Waals surface area (Å²) >= 11 is 5.76. The second kappa shape index (κ2) is 8.16. The minimum absolute atomic E-state index is 0.0166. The van der Waals surface area contributed by atoms with Gasteiger partial charge in [0.2, 0.25) is 5.91 Å². The van der Waals surface area contributed by atoms with Crippen molar-refractivity contribution in [2.24, 2.45) is 5.41 Å². The van der Waals surface area contributed by atoms with Crippen LogP contribution in [0.4, 0.5) is 14.6 Å². The van der Waals surface area contributed by atoms with Crippen LogP contribution in [0.25, 0.3) is 0 Å². The zero-order valence-corrected chi connectivity index (χ0v) is 17.7. The SMILES string of the molecule is CN(CC(=O)N(Cc1ccc(F)cc1)C1(C=O)CC2(COC2)C1)c1ncc(Cl)cc1F. The van der Waals surface area contributed by atoms with Gasteiger partial charge in [0.15, 0.2) is 11.6 Å². The Labute approximate surface area is 183 Å². The second-order valence-corrected chi connectivity index (χ2v) is 8.93. The Hall–Kier alpha value is -2.58. The summed E-state index contributed by atoms with van der Waals surface area (Å²) < 4.78 is 32.9. The number of pyridine rings is 1. The van der Waals surface area contributed by atoms with Crippen molar-refractivity contribution in [1.29, 1.82) is 0 Å². The van der Waals surface area contributed by atoms with Crippen LogP contribution in [0.1, 0.15) is 18.4 Å². The summed E-state index contributed by atoms with van der Waals surface area (Å²) in [5, 5.41) is 0.154. The van der Waals surface area contributed by atoms with Crippen LogP contribution < -0.4 is 4.90 Å². The van der Waals surface area contributed by atoms with Gasteiger partial charge in [-0.2, -0.15) is 0 Å². The van der Waals surface area contributed by atoms with Crippen molar-refractivity contribution in [3.8, 4) is 0 Å². The van der Waals surface area contributed by atoms with Crippen molar-refractivity contribution < 1.29 is 23.1 Å². The van der Waals surface area contributed by atoms with Crippen LogP contribution >= 0.6 is 11.6 Å². The van der Waals surface area contributed by atoms with E-state index in [1.807, 2.05) is 0 Å². The highest BCUT2D eigenvalue weighted by Gasteiger charge is 2.62. The molecule has 2 fully saturated rings. The van der Waals surface area contributed by atoms with E-state index in [0.717, 1.165) is 12.4 Å². The molecule has 1 aromatic heterocycles. The fraction of sp³-hybridized carbons (Fsp3) is 0.409. The predicted octanol–water partition coefficient (Wildman–Crippen LogP) is 3.23. The molecule has 0 unspecified atom stereocenters. The molecule has 9 heteroatoms. The number of ether oxygens (including phenoxy) is 1. The summed E-state index contributed by atoms with van der Waals surface area (Å²) in [5.41, 5.74) is -0.347. The summed E-state index contributed by atoms with van der Waals surface area (Å²) in [5.74, 6) is -1.40. The Balaban J connectivity index is 1.57. The number of rotatable bonds is 7. The lowest BCUT2D eigenvalue weighted by atomic mass is 9.56. The maximum atomic E-state index is 14.3. The number of carbonyl (C=O) groups excluding carboxylic acids is 2. The van der Waals surface area contributed by atoms with Gasteiger partial charge in [0.1, 0.15) is 17.6 Å². The van der Waals surface area contributed by atoms with Gasteiger partial charge in [-0.3, -0.25) is 4.79 Å². The minimum atomic E-state index is -0.970. The molecule has 164 valence electrons. The molecule has 1 amide bonds. The molecule has 0 bridgehead atoms. The zero-order valence-electron chi connectivity index (χ0n) is 17.0. The summed E-state index contributed by atoms with van der Waals surface area (Å²) in [6.45, 7) is 1.09. The average Bonchev–Trinajstić information content (AvgIpc) is 2.66. The molecule has 1 aliphatic heterocycles. The molecule has 0 N–H and O–H groups in total. The number of amides is 1. The lowest BCUT2D eigenvalue weighted by Crippen LogP contribution is -2.70. The first kappa shape index (κ1) is 21.6. The highest BCUT2D eigenvalue weighted by Crippen LogP contribution is 2.55. The van der Waals surface area contributed by atoms with Crippen LogP contribution in [0.2, 0.25) is 5.02 Å². The zero-order chi connectivity index (χ0) is 22.2. The fourth-order valence-electron chi connectivity index (χ4n) is 4.50. The first-order valence-electron chi connectivity index (χ1n) is 9.87. The van der Waals surface area contributed by atoms with Gasteiger partial charge in [-0.25, -0.2) is 13.8 Å². The normalized spacial score (nSPS) is 18.1. The van der Waals surface area contributed by atoms with E-state index in [9.17, 15) is 18.4 Å². The first-order chi connectivity index (χ1) is 14.8. The molecule has 0 atom stereocenters. The highest BCUT2D eigenvalue weighted by atomic mass is 35.5. The maximum absolute atomic E-state index is 14.3. The second-order valence-electron chi connectivity index (χ2n) is 8.49. The van der Waals surface area contributed by atoms with Gasteiger partial charge in [0.25, 0.3) is 0 Å². The lowest BCUT2D eigenvalue weighted by molar-refractivity contribution is -0.214. The van der Waals surface area contributed by atoms with Crippen molar-refractivity contribution in [2.75, 3.05) is 31.7 Å². The third-order valence-corrected chi connectivity index (χ3v) is 6.22. The summed E-state index contributed by atoms with van der Waals surface area (Å²) in [4.78, 5) is 32.4. The number of likely N-dealkylation sites (N-methyl/N-ethyl adjacent to an activating group) is 1. The number of aldehydes is 1. The number of hydrogen-bond donors (Lipinski definition) is 0. The maximum Gasteiger partial charge on any atom is 0.243 e. The Bertz CT molecular complexity index is 990. The molecule has 31 heavy (non-hydrogen) atoms. The number of carbonyl (C=O) groups is 2. The van der Waals surface area contributed by atoms with E-state index in [1.54, 1.807) is 19.2 Å². The Morgan fingerprint density at radius 2 is 1.94 bits per heavy atom. The van der Waals surface area contributed by atoms with E-state index in [4.69, 9.17) is 16.3 Å². The number of anilines is 1. The Kier molecular flexibility index (Phi) is 5.70. The van der Waals surface area contributed by atoms with Crippen LogP contribution in [0.3, 0.4) is 0 Å². The molecule has 2 heterocycles. The monoisotopic (exact) mass is 449 g/mol. The largest absolute Gasteiger partial charge is 0.380 e. The summed E-state index contributed by atoms with van der Waals surface area (Å²) in [7, 11) is 1.54. The molecular weight excluding hydrogens is 428 g/mol. The molecule has 6 nitrogen and oxygen atoms in total. The van der Waals surface area contributed by atoms with Gasteiger partial charge in [-0.1, -0.05) is 23.7 Å². The lowest BCUT2D eigenvalue weighted by Gasteiger charge is -2.61. The molecule has 2 aliphatic rings. The van der Waals surface area contributed by atoms with Gasteiger partial charge in [0, 0.05) is 25.2 Å². The Morgan fingerprint density at radius 1 is 1.26 bits per heavy atom. The van der Waals surface area contributed by atoms with Crippen LogP contribution in [-0.2, 0) is 20.9 Å². The van der Waals surface area contributed by atoms with Crippen molar-refractivity contribution in [1.82, 2.24) is 9.88 Å². The van der Waals surface area contributed by atoms with Gasteiger partial charge in [-0.05, 0) is 36.6 Å². The number of hydrogen-bond acceptors (Lipinski definition) is 5. The van der Waals surface area contributed by atoms with Crippen LogP contribution in [0.5, 0.6) is 0 Å². The van der Waals surface area contributed by atoms with Crippen LogP contribution in [0.15, 0.2) is 36.5 Å². The van der Waals surface area contributed by atoms with Gasteiger partial charge < -0.3 is 19.3 Å². The van der Waals surface area contributed by atoms with E-state index in [2.05, 4.69) is 4.98 Å². The molecule has 4 rings (SSSR count). The highest BCUT2D eigenvalue weighted by molar-refractivity contribution is 6.30. The number of halogens is 3. The van der Waals surface area contributed by atoms with Crippen molar-refractivity contribution in [3.05, 3.63) is 58.7 Å². The van der Waals surface area contributed by atoms with E-state index >= 15 is 0 Å². The van der Waals surface area contributed by atoms with Gasteiger partial charge in [0.05, 0.1) is 24.8 Å². The van der Waals surface area contributed by atoms with Gasteiger partial charge >= 0.3 is 0 Å². The molecule has 1 spiro atoms. The molecule has 1 saturated heterocycles. The van der Waals surface area contributed by atoms with E-state index in [-0.39, 0.29) is 41.1 Å². The molecule has 1 aliphatic carbocycles. The van der Waals surface area contributed by atoms with Crippen LogP contribution in [0, 0.1) is 17.0 Å². The van der Waals surface area contributed by atoms with Crippen molar-refractivity contribution in [3.63, 3.8) is 0 Å². The average molecular weight is 450 g/mol. The van der Waals surface area contributed by atoms with Crippen molar-refractivity contribution >= 4 is 29.6 Å². The van der Waals surface area contributed by atoms with E-state index in [0.29, 0.717) is 31.6 Å². The van der Waals surface area contributed by atoms with Crippen LogP contribution in [-0.4, -0.2) is 54.4 Å². The van der Waals surface area contributed by atoms with E-state index in [1.165, 1.54) is 28.1 Å². The van der Waals surface area contributed by atoms with Crippen molar-refractivity contribution in [2.45, 2.75) is 24.9 Å². The molecule has 1 aromatic carbocycles. The topological polar surface area (TPSA) is 62.7 Å². The third-order valence-electron chi connectivity index (χ3n) is 6.01. The standard InChI is InChI=1S/C22H22ClF2N3O3/c1-27(20-18(25)6-16(23)7-26-20)9-19(30)28(8-15-2-4-17(24)5-3-15)22(12-29)10-21(11-22)13-31-14-21/h2-7,12H,8-11,13-14H2,1H3. The third kappa shape index (κ3) is 4.14. The number of nitrogens with zero attached hydrogens (tertiary/aromatic N) is 3. The molecule has 2 aromatic rings. The minimum Gasteiger partial charge on any atom is -0.380 e. The smallest absolute Gasteiger partial charge is 0.243 e.